The minimum atomic E-state index is -0.985. The molecule has 3 N–H and O–H groups in total. The Hall–Kier alpha value is -2.41. The Labute approximate surface area is 164 Å². The van der Waals surface area contributed by atoms with Gasteiger partial charge in [-0.25, -0.2) is 0 Å². The van der Waals surface area contributed by atoms with Crippen molar-refractivity contribution in [1.29, 1.82) is 0 Å². The Morgan fingerprint density at radius 1 is 1.11 bits per heavy atom. The molecule has 2 amide bonds. The molecule has 1 heterocycles. The first-order chi connectivity index (χ1) is 13.5. The number of anilines is 1. The third-order valence-corrected chi connectivity index (χ3v) is 5.86. The molecule has 7 heteroatoms. The molecule has 1 aromatic rings. The number of carbonyl (C=O) groups excluding carboxylic acids is 2. The third kappa shape index (κ3) is 4.90. The van der Waals surface area contributed by atoms with E-state index in [4.69, 9.17) is 4.74 Å². The monoisotopic (exact) mass is 388 g/mol. The van der Waals surface area contributed by atoms with Gasteiger partial charge in [-0.05, 0) is 43.9 Å². The number of aliphatic carboxylic acids is 1. The second kappa shape index (κ2) is 9.19. The Balaban J connectivity index is 1.60. The molecule has 1 aromatic carbocycles. The molecule has 1 saturated heterocycles. The van der Waals surface area contributed by atoms with Gasteiger partial charge in [0, 0.05) is 36.9 Å². The van der Waals surface area contributed by atoms with Crippen molar-refractivity contribution >= 4 is 23.5 Å². The molecule has 2 fully saturated rings. The van der Waals surface area contributed by atoms with Gasteiger partial charge in [0.05, 0.1) is 5.41 Å². The van der Waals surface area contributed by atoms with Gasteiger partial charge < -0.3 is 20.5 Å². The molecule has 0 radical (unpaired) electrons. The molecule has 0 unspecified atom stereocenters. The lowest BCUT2D eigenvalue weighted by Gasteiger charge is -2.33. The van der Waals surface area contributed by atoms with Crippen LogP contribution in [0.5, 0.6) is 0 Å². The van der Waals surface area contributed by atoms with E-state index < -0.39 is 11.4 Å². The van der Waals surface area contributed by atoms with Crippen LogP contribution in [0.2, 0.25) is 0 Å². The zero-order valence-electron chi connectivity index (χ0n) is 16.0. The van der Waals surface area contributed by atoms with Crippen LogP contribution in [0.25, 0.3) is 0 Å². The summed E-state index contributed by atoms with van der Waals surface area (Å²) in [6.07, 6.45) is 5.91. The highest BCUT2D eigenvalue weighted by Crippen LogP contribution is 2.30. The average molecular weight is 388 g/mol. The van der Waals surface area contributed by atoms with Crippen LogP contribution in [-0.2, 0) is 14.3 Å². The molecule has 3 rings (SSSR count). The van der Waals surface area contributed by atoms with Crippen LogP contribution in [0.15, 0.2) is 24.3 Å². The Kier molecular flexibility index (Phi) is 6.67. The van der Waals surface area contributed by atoms with Gasteiger partial charge in [-0.1, -0.05) is 25.3 Å². The van der Waals surface area contributed by atoms with Crippen LogP contribution >= 0.6 is 0 Å². The first kappa shape index (κ1) is 20.3. The van der Waals surface area contributed by atoms with Crippen molar-refractivity contribution < 1.29 is 24.2 Å². The predicted molar refractivity (Wildman–Crippen MR) is 104 cm³/mol. The van der Waals surface area contributed by atoms with Gasteiger partial charge in [0.2, 0.25) is 5.91 Å². The van der Waals surface area contributed by atoms with Crippen LogP contribution < -0.4 is 10.6 Å². The van der Waals surface area contributed by atoms with Crippen LogP contribution in [0.4, 0.5) is 5.69 Å². The molecule has 0 spiro atoms. The van der Waals surface area contributed by atoms with E-state index >= 15 is 0 Å². The van der Waals surface area contributed by atoms with Crippen molar-refractivity contribution in [3.63, 3.8) is 0 Å². The Morgan fingerprint density at radius 3 is 2.50 bits per heavy atom. The van der Waals surface area contributed by atoms with Crippen LogP contribution in [-0.4, -0.2) is 42.6 Å². The van der Waals surface area contributed by atoms with Gasteiger partial charge in [-0.3, -0.25) is 14.4 Å². The van der Waals surface area contributed by atoms with Crippen molar-refractivity contribution in [3.05, 3.63) is 29.8 Å². The first-order valence-corrected chi connectivity index (χ1v) is 10.0. The quantitative estimate of drug-likeness (QED) is 0.695. The second-order valence-electron chi connectivity index (χ2n) is 7.79. The van der Waals surface area contributed by atoms with Gasteiger partial charge in [0.1, 0.15) is 0 Å². The van der Waals surface area contributed by atoms with E-state index in [0.29, 0.717) is 37.3 Å². The lowest BCUT2D eigenvalue weighted by atomic mass is 9.80. The lowest BCUT2D eigenvalue weighted by molar-refractivity contribution is -0.154. The molecule has 1 aliphatic heterocycles. The van der Waals surface area contributed by atoms with Crippen molar-refractivity contribution in [2.45, 2.75) is 44.9 Å². The molecular formula is C21H28N2O5. The van der Waals surface area contributed by atoms with Crippen LogP contribution in [0.1, 0.15) is 55.3 Å². The zero-order valence-corrected chi connectivity index (χ0v) is 16.0. The molecule has 0 aromatic heterocycles. The standard InChI is InChI=1S/C21H28N2O5/c24-18(22-14-21(20(26)27)9-11-28-12-10-21)16-7-4-8-17(13-16)23-19(25)15-5-2-1-3-6-15/h4,7-8,13,15H,1-3,5-6,9-12,14H2,(H,22,24)(H,23,25)(H,26,27). The summed E-state index contributed by atoms with van der Waals surface area (Å²) in [5.74, 6) is -1.22. The summed E-state index contributed by atoms with van der Waals surface area (Å²) >= 11 is 0. The van der Waals surface area contributed by atoms with Crippen molar-refractivity contribution in [2.24, 2.45) is 11.3 Å². The normalized spacial score (nSPS) is 19.6. The summed E-state index contributed by atoms with van der Waals surface area (Å²) < 4.78 is 5.25. The lowest BCUT2D eigenvalue weighted by Crippen LogP contribution is -2.46. The molecule has 1 aliphatic carbocycles. The maximum Gasteiger partial charge on any atom is 0.311 e. The van der Waals surface area contributed by atoms with E-state index in [-0.39, 0.29) is 24.3 Å². The van der Waals surface area contributed by atoms with Crippen LogP contribution in [0, 0.1) is 11.3 Å². The van der Waals surface area contributed by atoms with Gasteiger partial charge in [-0.15, -0.1) is 0 Å². The Bertz CT molecular complexity index is 721. The number of hydrogen-bond donors (Lipinski definition) is 3. The molecule has 2 aliphatic rings. The summed E-state index contributed by atoms with van der Waals surface area (Å²) in [5, 5.41) is 15.2. The summed E-state index contributed by atoms with van der Waals surface area (Å²) in [6, 6.07) is 6.76. The maximum atomic E-state index is 12.5. The summed E-state index contributed by atoms with van der Waals surface area (Å²) in [7, 11) is 0. The van der Waals surface area contributed by atoms with Gasteiger partial charge in [-0.2, -0.15) is 0 Å². The van der Waals surface area contributed by atoms with E-state index in [1.807, 2.05) is 0 Å². The van der Waals surface area contributed by atoms with E-state index in [1.54, 1.807) is 24.3 Å². The number of nitrogens with one attached hydrogen (secondary N) is 2. The number of rotatable bonds is 6. The fraction of sp³-hybridized carbons (Fsp3) is 0.571. The van der Waals surface area contributed by atoms with Crippen molar-refractivity contribution in [3.8, 4) is 0 Å². The SMILES string of the molecule is O=C(NCC1(C(=O)O)CCOCC1)c1cccc(NC(=O)C2CCCCC2)c1. The summed E-state index contributed by atoms with van der Waals surface area (Å²) in [5.41, 5.74) is -0.00273. The van der Waals surface area contributed by atoms with E-state index in [1.165, 1.54) is 6.42 Å². The van der Waals surface area contributed by atoms with E-state index in [0.717, 1.165) is 25.7 Å². The number of carbonyl (C=O) groups is 3. The highest BCUT2D eigenvalue weighted by atomic mass is 16.5. The smallest absolute Gasteiger partial charge is 0.311 e. The van der Waals surface area contributed by atoms with E-state index in [9.17, 15) is 19.5 Å². The average Bonchev–Trinajstić information content (AvgIpc) is 2.73. The van der Waals surface area contributed by atoms with E-state index in [2.05, 4.69) is 10.6 Å². The van der Waals surface area contributed by atoms with Gasteiger partial charge in [0.15, 0.2) is 0 Å². The highest BCUT2D eigenvalue weighted by molar-refractivity contribution is 5.98. The number of carboxylic acids is 1. The molecule has 0 bridgehead atoms. The van der Waals surface area contributed by atoms with Gasteiger partial charge >= 0.3 is 5.97 Å². The number of amides is 2. The zero-order chi connectivity index (χ0) is 20.0. The molecule has 7 nitrogen and oxygen atoms in total. The topological polar surface area (TPSA) is 105 Å². The third-order valence-electron chi connectivity index (χ3n) is 5.86. The molecular weight excluding hydrogens is 360 g/mol. The molecule has 152 valence electrons. The summed E-state index contributed by atoms with van der Waals surface area (Å²) in [4.78, 5) is 36.6. The maximum absolute atomic E-state index is 12.5. The van der Waals surface area contributed by atoms with Crippen molar-refractivity contribution in [1.82, 2.24) is 5.32 Å². The molecule has 1 saturated carbocycles. The minimum Gasteiger partial charge on any atom is -0.481 e. The highest BCUT2D eigenvalue weighted by Gasteiger charge is 2.40. The first-order valence-electron chi connectivity index (χ1n) is 10.0. The number of ether oxygens (including phenoxy) is 1. The summed E-state index contributed by atoms with van der Waals surface area (Å²) in [6.45, 7) is 0.818. The van der Waals surface area contributed by atoms with Crippen molar-refractivity contribution in [2.75, 3.05) is 25.1 Å². The largest absolute Gasteiger partial charge is 0.481 e. The van der Waals surface area contributed by atoms with Crippen LogP contribution in [0.3, 0.4) is 0 Å². The number of carboxylic acid groups (broad SMARTS) is 1. The molecule has 0 atom stereocenters. The molecule has 28 heavy (non-hydrogen) atoms. The Morgan fingerprint density at radius 2 is 1.82 bits per heavy atom. The number of benzene rings is 1. The number of hydrogen-bond acceptors (Lipinski definition) is 4. The predicted octanol–water partition coefficient (Wildman–Crippen LogP) is 2.82. The van der Waals surface area contributed by atoms with Gasteiger partial charge in [0.25, 0.3) is 5.91 Å². The fourth-order valence-corrected chi connectivity index (χ4v) is 3.93. The minimum absolute atomic E-state index is 0.00398. The fourth-order valence-electron chi connectivity index (χ4n) is 3.93. The second-order valence-corrected chi connectivity index (χ2v) is 7.79.